The predicted octanol–water partition coefficient (Wildman–Crippen LogP) is 4.24. The molecule has 0 spiro atoms. The molecule has 102 valence electrons. The zero-order valence-corrected chi connectivity index (χ0v) is 13.5. The smallest absolute Gasteiger partial charge is 0.0837 e. The Hall–Kier alpha value is -0.840. The van der Waals surface area contributed by atoms with E-state index in [4.69, 9.17) is 17.3 Å². The fourth-order valence-corrected chi connectivity index (χ4v) is 2.57. The van der Waals surface area contributed by atoms with Gasteiger partial charge in [-0.05, 0) is 38.0 Å². The summed E-state index contributed by atoms with van der Waals surface area (Å²) < 4.78 is 2.96. The lowest BCUT2D eigenvalue weighted by molar-refractivity contribution is 0.499. The summed E-state index contributed by atoms with van der Waals surface area (Å²) in [5.41, 5.74) is 9.40. The zero-order valence-electron chi connectivity index (χ0n) is 11.2. The first-order chi connectivity index (χ1) is 8.91. The van der Waals surface area contributed by atoms with E-state index in [1.54, 1.807) is 6.20 Å². The minimum atomic E-state index is -0.274. The van der Waals surface area contributed by atoms with Gasteiger partial charge in [-0.15, -0.1) is 0 Å². The summed E-state index contributed by atoms with van der Waals surface area (Å²) in [6.45, 7) is 6.17. The number of aryl methyl sites for hydroxylation is 1. The van der Waals surface area contributed by atoms with Gasteiger partial charge in [0.05, 0.1) is 23.0 Å². The van der Waals surface area contributed by atoms with Gasteiger partial charge in [-0.25, -0.2) is 0 Å². The van der Waals surface area contributed by atoms with Gasteiger partial charge in [0.2, 0.25) is 0 Å². The van der Waals surface area contributed by atoms with E-state index in [9.17, 15) is 0 Å². The Morgan fingerprint density at radius 3 is 2.63 bits per heavy atom. The van der Waals surface area contributed by atoms with Gasteiger partial charge < -0.3 is 5.73 Å². The van der Waals surface area contributed by atoms with Crippen molar-refractivity contribution in [2.45, 2.75) is 32.9 Å². The summed E-state index contributed by atoms with van der Waals surface area (Å²) in [4.78, 5) is 0. The second-order valence-electron chi connectivity index (χ2n) is 4.90. The fraction of sp³-hybridized carbons (Fsp3) is 0.357. The third-order valence-electron chi connectivity index (χ3n) is 3.11. The molecule has 0 fully saturated rings. The molecular weight excluding hydrogens is 326 g/mol. The molecule has 1 aromatic carbocycles. The quantitative estimate of drug-likeness (QED) is 0.907. The van der Waals surface area contributed by atoms with Crippen molar-refractivity contribution < 1.29 is 0 Å². The SMILES string of the molecule is Cc1cc(C(N)c2c(Cl)cnn2C(C)C)ccc1Br. The molecule has 0 aliphatic rings. The van der Waals surface area contributed by atoms with Crippen LogP contribution >= 0.6 is 27.5 Å². The second-order valence-corrected chi connectivity index (χ2v) is 6.16. The van der Waals surface area contributed by atoms with E-state index in [-0.39, 0.29) is 12.1 Å². The number of nitrogens with zero attached hydrogens (tertiary/aromatic N) is 2. The monoisotopic (exact) mass is 341 g/mol. The Morgan fingerprint density at radius 2 is 2.05 bits per heavy atom. The number of benzene rings is 1. The lowest BCUT2D eigenvalue weighted by Gasteiger charge is -2.18. The predicted molar refractivity (Wildman–Crippen MR) is 82.5 cm³/mol. The van der Waals surface area contributed by atoms with Crippen LogP contribution in [0.2, 0.25) is 5.02 Å². The van der Waals surface area contributed by atoms with Gasteiger partial charge in [0.25, 0.3) is 0 Å². The molecule has 19 heavy (non-hydrogen) atoms. The Bertz CT molecular complexity index is 592. The molecule has 0 aliphatic heterocycles. The molecule has 2 rings (SSSR count). The lowest BCUT2D eigenvalue weighted by Crippen LogP contribution is -2.19. The van der Waals surface area contributed by atoms with Crippen LogP contribution in [0, 0.1) is 6.92 Å². The molecule has 0 radical (unpaired) electrons. The number of nitrogens with two attached hydrogens (primary N) is 1. The minimum Gasteiger partial charge on any atom is -0.319 e. The Labute approximate surface area is 126 Å². The number of aromatic nitrogens is 2. The topological polar surface area (TPSA) is 43.8 Å². The second kappa shape index (κ2) is 5.65. The summed E-state index contributed by atoms with van der Waals surface area (Å²) in [5, 5.41) is 4.91. The van der Waals surface area contributed by atoms with Gasteiger partial charge in [0.1, 0.15) is 0 Å². The number of halogens is 2. The highest BCUT2D eigenvalue weighted by atomic mass is 79.9. The van der Waals surface area contributed by atoms with Crippen molar-refractivity contribution in [3.8, 4) is 0 Å². The first-order valence-corrected chi connectivity index (χ1v) is 7.33. The highest BCUT2D eigenvalue weighted by Gasteiger charge is 2.20. The van der Waals surface area contributed by atoms with Crippen LogP contribution in [0.3, 0.4) is 0 Å². The van der Waals surface area contributed by atoms with Gasteiger partial charge in [0.15, 0.2) is 0 Å². The Morgan fingerprint density at radius 1 is 1.37 bits per heavy atom. The van der Waals surface area contributed by atoms with E-state index in [0.29, 0.717) is 5.02 Å². The summed E-state index contributed by atoms with van der Waals surface area (Å²) in [6, 6.07) is 6.04. The molecule has 2 aromatic rings. The van der Waals surface area contributed by atoms with E-state index in [1.165, 1.54) is 0 Å². The molecule has 1 unspecified atom stereocenters. The van der Waals surface area contributed by atoms with Crippen molar-refractivity contribution in [3.63, 3.8) is 0 Å². The molecule has 0 amide bonds. The number of hydrogen-bond donors (Lipinski definition) is 1. The van der Waals surface area contributed by atoms with Gasteiger partial charge in [0, 0.05) is 10.5 Å². The van der Waals surface area contributed by atoms with Crippen molar-refractivity contribution in [3.05, 3.63) is 50.7 Å². The normalized spacial score (nSPS) is 13.0. The van der Waals surface area contributed by atoms with Gasteiger partial charge in [-0.3, -0.25) is 4.68 Å². The number of rotatable bonds is 3. The van der Waals surface area contributed by atoms with Crippen LogP contribution in [0.5, 0.6) is 0 Å². The Kier molecular flexibility index (Phi) is 4.33. The maximum atomic E-state index is 6.36. The van der Waals surface area contributed by atoms with Crippen molar-refractivity contribution >= 4 is 27.5 Å². The van der Waals surface area contributed by atoms with Crippen molar-refractivity contribution in [1.82, 2.24) is 9.78 Å². The fourth-order valence-electron chi connectivity index (χ4n) is 2.07. The lowest BCUT2D eigenvalue weighted by atomic mass is 10.0. The molecule has 0 saturated heterocycles. The average Bonchev–Trinajstić information content (AvgIpc) is 2.74. The molecule has 2 N–H and O–H groups in total. The summed E-state index contributed by atoms with van der Waals surface area (Å²) in [6.07, 6.45) is 1.66. The minimum absolute atomic E-state index is 0.227. The molecule has 0 bridgehead atoms. The van der Waals surface area contributed by atoms with E-state index < -0.39 is 0 Å². The van der Waals surface area contributed by atoms with Crippen molar-refractivity contribution in [2.24, 2.45) is 5.73 Å². The van der Waals surface area contributed by atoms with Crippen molar-refractivity contribution in [1.29, 1.82) is 0 Å². The van der Waals surface area contributed by atoms with Gasteiger partial charge in [-0.1, -0.05) is 39.7 Å². The van der Waals surface area contributed by atoms with E-state index in [2.05, 4.69) is 40.9 Å². The number of hydrogen-bond acceptors (Lipinski definition) is 2. The van der Waals surface area contributed by atoms with Gasteiger partial charge in [-0.2, -0.15) is 5.10 Å². The van der Waals surface area contributed by atoms with E-state index in [1.807, 2.05) is 23.7 Å². The molecule has 3 nitrogen and oxygen atoms in total. The van der Waals surface area contributed by atoms with Crippen LogP contribution in [-0.4, -0.2) is 9.78 Å². The third-order valence-corrected chi connectivity index (χ3v) is 4.29. The Balaban J connectivity index is 2.46. The first-order valence-electron chi connectivity index (χ1n) is 6.16. The summed E-state index contributed by atoms with van der Waals surface area (Å²) >= 11 is 9.73. The molecular formula is C14H17BrClN3. The van der Waals surface area contributed by atoms with Crippen LogP contribution < -0.4 is 5.73 Å². The molecule has 0 saturated carbocycles. The summed E-state index contributed by atoms with van der Waals surface area (Å²) in [7, 11) is 0. The highest BCUT2D eigenvalue weighted by Crippen LogP contribution is 2.30. The van der Waals surface area contributed by atoms with E-state index >= 15 is 0 Å². The molecule has 1 aromatic heterocycles. The van der Waals surface area contributed by atoms with Gasteiger partial charge >= 0.3 is 0 Å². The first kappa shape index (κ1) is 14.6. The molecule has 1 heterocycles. The van der Waals surface area contributed by atoms with Crippen LogP contribution in [-0.2, 0) is 0 Å². The van der Waals surface area contributed by atoms with Crippen LogP contribution in [0.4, 0.5) is 0 Å². The maximum absolute atomic E-state index is 6.36. The molecule has 0 aliphatic carbocycles. The zero-order chi connectivity index (χ0) is 14.2. The highest BCUT2D eigenvalue weighted by molar-refractivity contribution is 9.10. The summed E-state index contributed by atoms with van der Waals surface area (Å²) in [5.74, 6) is 0. The van der Waals surface area contributed by atoms with Crippen LogP contribution in [0.1, 0.15) is 42.8 Å². The van der Waals surface area contributed by atoms with E-state index in [0.717, 1.165) is 21.3 Å². The maximum Gasteiger partial charge on any atom is 0.0837 e. The molecule has 1 atom stereocenters. The third kappa shape index (κ3) is 2.86. The molecule has 5 heteroatoms. The average molecular weight is 343 g/mol. The standard InChI is InChI=1S/C14H17BrClN3/c1-8(2)19-14(12(16)7-18-19)13(17)10-4-5-11(15)9(3)6-10/h4-8,13H,17H2,1-3H3. The van der Waals surface area contributed by atoms with Crippen LogP contribution in [0.25, 0.3) is 0 Å². The largest absolute Gasteiger partial charge is 0.319 e. The van der Waals surface area contributed by atoms with Crippen molar-refractivity contribution in [2.75, 3.05) is 0 Å². The van der Waals surface area contributed by atoms with Crippen LogP contribution in [0.15, 0.2) is 28.9 Å².